The van der Waals surface area contributed by atoms with Crippen LogP contribution in [0.3, 0.4) is 0 Å². The first kappa shape index (κ1) is 11.8. The zero-order valence-corrected chi connectivity index (χ0v) is 10.4. The highest BCUT2D eigenvalue weighted by Gasteiger charge is 2.15. The first-order valence-electron chi connectivity index (χ1n) is 6.01. The van der Waals surface area contributed by atoms with Gasteiger partial charge in [0.2, 0.25) is 0 Å². The number of halogens is 1. The minimum atomic E-state index is -0.297. The summed E-state index contributed by atoms with van der Waals surface area (Å²) in [6.45, 7) is 1.86. The van der Waals surface area contributed by atoms with Gasteiger partial charge in [-0.2, -0.15) is 5.10 Å². The molecular formula is C14H13FN4. The largest absolute Gasteiger partial charge is 0.323 e. The van der Waals surface area contributed by atoms with Gasteiger partial charge in [-0.1, -0.05) is 0 Å². The molecule has 0 radical (unpaired) electrons. The molecule has 2 N–H and O–H groups in total. The normalized spacial score (nSPS) is 12.8. The quantitative estimate of drug-likeness (QED) is 0.766. The van der Waals surface area contributed by atoms with Crippen LogP contribution in [0.5, 0.6) is 0 Å². The van der Waals surface area contributed by atoms with Crippen molar-refractivity contribution in [2.24, 2.45) is 5.73 Å². The van der Waals surface area contributed by atoms with Crippen LogP contribution in [-0.2, 0) is 0 Å². The number of pyridine rings is 1. The fourth-order valence-corrected chi connectivity index (χ4v) is 2.12. The first-order valence-corrected chi connectivity index (χ1v) is 6.01. The highest BCUT2D eigenvalue weighted by molar-refractivity contribution is 5.84. The van der Waals surface area contributed by atoms with Crippen molar-refractivity contribution < 1.29 is 4.39 Å². The molecule has 3 rings (SSSR count). The van der Waals surface area contributed by atoms with Gasteiger partial charge in [-0.15, -0.1) is 0 Å². The van der Waals surface area contributed by atoms with Gasteiger partial charge in [-0.05, 0) is 31.2 Å². The van der Waals surface area contributed by atoms with Crippen molar-refractivity contribution in [2.75, 3.05) is 0 Å². The number of nitrogens with two attached hydrogens (primary N) is 1. The van der Waals surface area contributed by atoms with Crippen molar-refractivity contribution in [2.45, 2.75) is 13.0 Å². The summed E-state index contributed by atoms with van der Waals surface area (Å²) >= 11 is 0. The Bertz CT molecular complexity index is 719. The summed E-state index contributed by atoms with van der Waals surface area (Å²) in [5, 5.41) is 5.35. The molecule has 1 unspecified atom stereocenters. The maximum atomic E-state index is 13.5. The average Bonchev–Trinajstić information content (AvgIpc) is 2.78. The summed E-state index contributed by atoms with van der Waals surface area (Å²) in [6.07, 6.45) is 3.37. The third-order valence-electron chi connectivity index (χ3n) is 2.99. The van der Waals surface area contributed by atoms with Crippen LogP contribution < -0.4 is 5.73 Å². The fourth-order valence-electron chi connectivity index (χ4n) is 2.12. The monoisotopic (exact) mass is 256 g/mol. The van der Waals surface area contributed by atoms with Crippen molar-refractivity contribution in [1.82, 2.24) is 14.8 Å². The lowest BCUT2D eigenvalue weighted by Gasteiger charge is -2.02. The summed E-state index contributed by atoms with van der Waals surface area (Å²) in [6, 6.07) is 8.06. The fraction of sp³-hybridized carbons (Fsp3) is 0.143. The minimum Gasteiger partial charge on any atom is -0.323 e. The zero-order valence-electron chi connectivity index (χ0n) is 10.4. The van der Waals surface area contributed by atoms with E-state index >= 15 is 0 Å². The summed E-state index contributed by atoms with van der Waals surface area (Å²) in [7, 11) is 0. The van der Waals surface area contributed by atoms with E-state index in [-0.39, 0.29) is 11.9 Å². The van der Waals surface area contributed by atoms with Gasteiger partial charge in [-0.3, -0.25) is 4.98 Å². The van der Waals surface area contributed by atoms with E-state index in [1.165, 1.54) is 12.1 Å². The van der Waals surface area contributed by atoms with Crippen molar-refractivity contribution in [1.29, 1.82) is 0 Å². The number of hydrogen-bond acceptors (Lipinski definition) is 3. The molecule has 3 aromatic rings. The molecule has 2 heterocycles. The van der Waals surface area contributed by atoms with Crippen LogP contribution in [0.2, 0.25) is 0 Å². The molecule has 0 aliphatic heterocycles. The Kier molecular flexibility index (Phi) is 2.76. The number of benzene rings is 1. The molecule has 2 aromatic heterocycles. The molecule has 5 heteroatoms. The zero-order chi connectivity index (χ0) is 13.4. The summed E-state index contributed by atoms with van der Waals surface area (Å²) < 4.78 is 15.1. The van der Waals surface area contributed by atoms with E-state index in [0.717, 1.165) is 16.8 Å². The minimum absolute atomic E-state index is 0.217. The topological polar surface area (TPSA) is 56.7 Å². The Labute approximate surface area is 109 Å². The summed E-state index contributed by atoms with van der Waals surface area (Å²) in [5.74, 6) is -0.297. The second-order valence-electron chi connectivity index (χ2n) is 4.46. The smallest absolute Gasteiger partial charge is 0.125 e. The molecule has 1 aromatic carbocycles. The summed E-state index contributed by atoms with van der Waals surface area (Å²) in [4.78, 5) is 4.06. The van der Waals surface area contributed by atoms with Gasteiger partial charge in [-0.25, -0.2) is 9.07 Å². The van der Waals surface area contributed by atoms with E-state index in [4.69, 9.17) is 5.73 Å². The van der Waals surface area contributed by atoms with Gasteiger partial charge < -0.3 is 5.73 Å². The highest BCUT2D eigenvalue weighted by Crippen LogP contribution is 2.25. The molecule has 0 spiro atoms. The number of hydrogen-bond donors (Lipinski definition) is 1. The second-order valence-corrected chi connectivity index (χ2v) is 4.46. The lowest BCUT2D eigenvalue weighted by Crippen LogP contribution is -2.07. The van der Waals surface area contributed by atoms with Crippen LogP contribution in [0.15, 0.2) is 42.7 Å². The molecule has 1 atom stereocenters. The number of nitrogens with zero attached hydrogens (tertiary/aromatic N) is 3. The van der Waals surface area contributed by atoms with Crippen molar-refractivity contribution >= 4 is 10.9 Å². The van der Waals surface area contributed by atoms with E-state index in [2.05, 4.69) is 10.1 Å². The Morgan fingerprint density at radius 2 is 2.16 bits per heavy atom. The second kappa shape index (κ2) is 4.44. The Morgan fingerprint density at radius 3 is 2.84 bits per heavy atom. The van der Waals surface area contributed by atoms with E-state index < -0.39 is 0 Å². The van der Waals surface area contributed by atoms with Gasteiger partial charge in [0.25, 0.3) is 0 Å². The molecule has 0 bridgehead atoms. The van der Waals surface area contributed by atoms with Gasteiger partial charge in [0.15, 0.2) is 0 Å². The number of aromatic nitrogens is 3. The van der Waals surface area contributed by atoms with E-state index in [9.17, 15) is 4.39 Å². The molecule has 0 aliphatic rings. The van der Waals surface area contributed by atoms with Crippen LogP contribution in [0.25, 0.3) is 16.6 Å². The SMILES string of the molecule is CC(N)c1nn(-c2cccnc2)c2cc(F)ccc12. The van der Waals surface area contributed by atoms with Crippen LogP contribution in [0.1, 0.15) is 18.7 Å². The van der Waals surface area contributed by atoms with Gasteiger partial charge in [0.1, 0.15) is 5.82 Å². The molecule has 0 aliphatic carbocycles. The molecular weight excluding hydrogens is 243 g/mol. The number of fused-ring (bicyclic) bond motifs is 1. The van der Waals surface area contributed by atoms with E-state index in [1.807, 2.05) is 19.1 Å². The van der Waals surface area contributed by atoms with Gasteiger partial charge >= 0.3 is 0 Å². The van der Waals surface area contributed by atoms with Gasteiger partial charge in [0, 0.05) is 23.7 Å². The lowest BCUT2D eigenvalue weighted by molar-refractivity contribution is 0.629. The van der Waals surface area contributed by atoms with E-state index in [0.29, 0.717) is 5.52 Å². The number of rotatable bonds is 2. The molecule has 0 amide bonds. The molecule has 4 nitrogen and oxygen atoms in total. The third kappa shape index (κ3) is 1.98. The third-order valence-corrected chi connectivity index (χ3v) is 2.99. The average molecular weight is 256 g/mol. The van der Waals surface area contributed by atoms with Crippen LogP contribution >= 0.6 is 0 Å². The maximum absolute atomic E-state index is 13.5. The van der Waals surface area contributed by atoms with Crippen LogP contribution in [-0.4, -0.2) is 14.8 Å². The standard InChI is InChI=1S/C14H13FN4/c1-9(16)14-12-5-4-10(15)7-13(12)19(18-14)11-3-2-6-17-8-11/h2-9H,16H2,1H3. The van der Waals surface area contributed by atoms with Crippen LogP contribution in [0.4, 0.5) is 4.39 Å². The predicted octanol–water partition coefficient (Wildman–Crippen LogP) is 2.58. The van der Waals surface area contributed by atoms with Crippen molar-refractivity contribution in [3.05, 3.63) is 54.2 Å². The first-order chi connectivity index (χ1) is 9.16. The van der Waals surface area contributed by atoms with E-state index in [1.54, 1.807) is 23.1 Å². The molecule has 0 saturated carbocycles. The Balaban J connectivity index is 2.33. The highest BCUT2D eigenvalue weighted by atomic mass is 19.1. The predicted molar refractivity (Wildman–Crippen MR) is 71.4 cm³/mol. The Hall–Kier alpha value is -2.27. The molecule has 19 heavy (non-hydrogen) atoms. The van der Waals surface area contributed by atoms with Crippen molar-refractivity contribution in [3.63, 3.8) is 0 Å². The lowest BCUT2D eigenvalue weighted by atomic mass is 10.1. The Morgan fingerprint density at radius 1 is 1.32 bits per heavy atom. The van der Waals surface area contributed by atoms with Gasteiger partial charge in [0.05, 0.1) is 23.1 Å². The van der Waals surface area contributed by atoms with Crippen molar-refractivity contribution in [3.8, 4) is 5.69 Å². The molecule has 96 valence electrons. The van der Waals surface area contributed by atoms with Crippen LogP contribution in [0, 0.1) is 5.82 Å². The molecule has 0 saturated heterocycles. The summed E-state index contributed by atoms with van der Waals surface area (Å²) in [5.41, 5.74) is 8.15. The molecule has 0 fully saturated rings. The maximum Gasteiger partial charge on any atom is 0.125 e.